The maximum Gasteiger partial charge on any atom is 0.271 e. The van der Waals surface area contributed by atoms with Crippen molar-refractivity contribution in [2.24, 2.45) is 5.73 Å². The van der Waals surface area contributed by atoms with E-state index >= 15 is 0 Å². The van der Waals surface area contributed by atoms with E-state index in [-0.39, 0.29) is 23.4 Å². The molecule has 0 bridgehead atoms. The van der Waals surface area contributed by atoms with Gasteiger partial charge in [-0.15, -0.1) is 0 Å². The van der Waals surface area contributed by atoms with Crippen LogP contribution in [0.1, 0.15) is 24.8 Å². The summed E-state index contributed by atoms with van der Waals surface area (Å²) in [6.07, 6.45) is 2.64. The summed E-state index contributed by atoms with van der Waals surface area (Å²) in [6, 6.07) is 5.88. The number of benzene rings is 1. The van der Waals surface area contributed by atoms with Crippen molar-refractivity contribution in [3.05, 3.63) is 33.9 Å². The molecule has 1 aliphatic rings. The first-order valence-corrected chi connectivity index (χ1v) is 5.72. The average molecular weight is 247 g/mol. The summed E-state index contributed by atoms with van der Waals surface area (Å²) >= 11 is 0. The summed E-state index contributed by atoms with van der Waals surface area (Å²) in [5.41, 5.74) is 5.93. The number of hydrogen-bond acceptors (Lipinski definition) is 5. The number of nitro benzene ring substituents is 1. The molecule has 0 heterocycles. The molecule has 1 saturated carbocycles. The number of ether oxygens (including phenoxy) is 1. The van der Waals surface area contributed by atoms with Crippen LogP contribution in [0.4, 0.5) is 5.69 Å². The fraction of sp³-hybridized carbons (Fsp3) is 0.417. The van der Waals surface area contributed by atoms with Gasteiger partial charge in [0, 0.05) is 18.2 Å². The lowest BCUT2D eigenvalue weighted by Gasteiger charge is -2.18. The highest BCUT2D eigenvalue weighted by molar-refractivity contribution is 5.50. The number of nitriles is 1. The van der Waals surface area contributed by atoms with Crippen molar-refractivity contribution in [2.75, 3.05) is 0 Å². The number of nitro groups is 1. The van der Waals surface area contributed by atoms with E-state index in [4.69, 9.17) is 15.7 Å². The van der Waals surface area contributed by atoms with Gasteiger partial charge in [-0.05, 0) is 25.3 Å². The van der Waals surface area contributed by atoms with Crippen LogP contribution in [0.15, 0.2) is 18.2 Å². The van der Waals surface area contributed by atoms with Crippen molar-refractivity contribution in [1.82, 2.24) is 0 Å². The lowest BCUT2D eigenvalue weighted by Crippen LogP contribution is -2.33. The molecule has 0 aromatic heterocycles. The first kappa shape index (κ1) is 12.3. The summed E-state index contributed by atoms with van der Waals surface area (Å²) in [5, 5.41) is 19.6. The van der Waals surface area contributed by atoms with E-state index in [9.17, 15) is 10.1 Å². The summed E-state index contributed by atoms with van der Waals surface area (Å²) in [6.45, 7) is 0. The second-order valence-corrected chi connectivity index (χ2v) is 4.30. The van der Waals surface area contributed by atoms with Gasteiger partial charge in [-0.2, -0.15) is 5.26 Å². The van der Waals surface area contributed by atoms with Gasteiger partial charge in [-0.3, -0.25) is 10.1 Å². The normalized spacial score (nSPS) is 22.4. The van der Waals surface area contributed by atoms with Crippen LogP contribution in [-0.4, -0.2) is 17.1 Å². The molecule has 0 amide bonds. The van der Waals surface area contributed by atoms with Gasteiger partial charge in [-0.25, -0.2) is 0 Å². The molecule has 6 nitrogen and oxygen atoms in total. The van der Waals surface area contributed by atoms with E-state index in [1.54, 1.807) is 0 Å². The molecule has 18 heavy (non-hydrogen) atoms. The molecule has 2 atom stereocenters. The van der Waals surface area contributed by atoms with Crippen LogP contribution in [0, 0.1) is 21.4 Å². The Labute approximate surface area is 104 Å². The summed E-state index contributed by atoms with van der Waals surface area (Å²) < 4.78 is 5.67. The third kappa shape index (κ3) is 2.41. The number of nitrogens with zero attached hydrogens (tertiary/aromatic N) is 2. The smallest absolute Gasteiger partial charge is 0.271 e. The second-order valence-electron chi connectivity index (χ2n) is 4.30. The van der Waals surface area contributed by atoms with Gasteiger partial charge in [0.1, 0.15) is 23.5 Å². The predicted octanol–water partition coefficient (Wildman–Crippen LogP) is 1.73. The Morgan fingerprint density at radius 1 is 1.50 bits per heavy atom. The highest BCUT2D eigenvalue weighted by Crippen LogP contribution is 2.28. The number of hydrogen-bond donors (Lipinski definition) is 1. The third-order valence-corrected chi connectivity index (χ3v) is 3.08. The molecule has 94 valence electrons. The van der Waals surface area contributed by atoms with Crippen molar-refractivity contribution < 1.29 is 9.66 Å². The highest BCUT2D eigenvalue weighted by atomic mass is 16.6. The summed E-state index contributed by atoms with van der Waals surface area (Å²) in [4.78, 5) is 10.1. The average Bonchev–Trinajstić information content (AvgIpc) is 2.75. The highest BCUT2D eigenvalue weighted by Gasteiger charge is 2.26. The summed E-state index contributed by atoms with van der Waals surface area (Å²) in [5.74, 6) is 0.366. The molecule has 1 aliphatic carbocycles. The van der Waals surface area contributed by atoms with Crippen LogP contribution < -0.4 is 10.5 Å². The minimum absolute atomic E-state index is 0.0354. The van der Waals surface area contributed by atoms with E-state index in [1.165, 1.54) is 18.2 Å². The van der Waals surface area contributed by atoms with Gasteiger partial charge in [0.2, 0.25) is 0 Å². The van der Waals surface area contributed by atoms with Gasteiger partial charge in [0.25, 0.3) is 5.69 Å². The Hall–Kier alpha value is -2.13. The molecule has 1 aromatic carbocycles. The zero-order valence-electron chi connectivity index (χ0n) is 9.70. The minimum Gasteiger partial charge on any atom is -0.487 e. The van der Waals surface area contributed by atoms with Crippen molar-refractivity contribution in [3.63, 3.8) is 0 Å². The lowest BCUT2D eigenvalue weighted by atomic mass is 10.2. The second kappa shape index (κ2) is 5.02. The van der Waals surface area contributed by atoms with E-state index in [0.717, 1.165) is 19.3 Å². The van der Waals surface area contributed by atoms with Crippen molar-refractivity contribution in [3.8, 4) is 11.8 Å². The summed E-state index contributed by atoms with van der Waals surface area (Å²) in [7, 11) is 0. The van der Waals surface area contributed by atoms with Crippen molar-refractivity contribution >= 4 is 5.69 Å². The van der Waals surface area contributed by atoms with Gasteiger partial charge in [0.15, 0.2) is 0 Å². The number of non-ortho nitro benzene ring substituents is 1. The lowest BCUT2D eigenvalue weighted by molar-refractivity contribution is -0.384. The zero-order chi connectivity index (χ0) is 13.1. The number of rotatable bonds is 3. The number of nitrogens with two attached hydrogens (primary N) is 1. The third-order valence-electron chi connectivity index (χ3n) is 3.08. The van der Waals surface area contributed by atoms with Crippen LogP contribution in [0.3, 0.4) is 0 Å². The largest absolute Gasteiger partial charge is 0.487 e. The van der Waals surface area contributed by atoms with Gasteiger partial charge < -0.3 is 10.5 Å². The molecule has 6 heteroatoms. The molecular weight excluding hydrogens is 234 g/mol. The van der Waals surface area contributed by atoms with Crippen LogP contribution in [-0.2, 0) is 0 Å². The van der Waals surface area contributed by atoms with Crippen molar-refractivity contribution in [1.29, 1.82) is 5.26 Å². The Bertz CT molecular complexity index is 510. The van der Waals surface area contributed by atoms with E-state index in [2.05, 4.69) is 0 Å². The van der Waals surface area contributed by atoms with Gasteiger partial charge in [-0.1, -0.05) is 0 Å². The topological polar surface area (TPSA) is 102 Å². The fourth-order valence-corrected chi connectivity index (χ4v) is 2.09. The fourth-order valence-electron chi connectivity index (χ4n) is 2.09. The molecule has 0 aliphatic heterocycles. The van der Waals surface area contributed by atoms with Gasteiger partial charge in [0.05, 0.1) is 4.92 Å². The zero-order valence-corrected chi connectivity index (χ0v) is 9.70. The molecule has 2 rings (SSSR count). The molecule has 0 radical (unpaired) electrons. The molecule has 2 unspecified atom stereocenters. The first-order valence-electron chi connectivity index (χ1n) is 5.72. The van der Waals surface area contributed by atoms with E-state index < -0.39 is 4.92 Å². The first-order chi connectivity index (χ1) is 8.61. The van der Waals surface area contributed by atoms with Crippen molar-refractivity contribution in [2.45, 2.75) is 31.4 Å². The maximum atomic E-state index is 10.6. The van der Waals surface area contributed by atoms with E-state index in [1.807, 2.05) is 6.07 Å². The monoisotopic (exact) mass is 247 g/mol. The van der Waals surface area contributed by atoms with Crippen LogP contribution in [0.25, 0.3) is 0 Å². The Kier molecular flexibility index (Phi) is 3.44. The molecule has 0 spiro atoms. The van der Waals surface area contributed by atoms with Gasteiger partial charge >= 0.3 is 0 Å². The SMILES string of the molecule is N#Cc1cc([N+](=O)[O-])ccc1OC1CCCC1N. The molecule has 2 N–H and O–H groups in total. The Balaban J connectivity index is 2.23. The molecule has 0 saturated heterocycles. The van der Waals surface area contributed by atoms with E-state index in [0.29, 0.717) is 5.75 Å². The molecular formula is C12H13N3O3. The van der Waals surface area contributed by atoms with Crippen LogP contribution in [0.5, 0.6) is 5.75 Å². The Morgan fingerprint density at radius 3 is 2.83 bits per heavy atom. The quantitative estimate of drug-likeness (QED) is 0.647. The van der Waals surface area contributed by atoms with Crippen LogP contribution >= 0.6 is 0 Å². The van der Waals surface area contributed by atoms with Crippen LogP contribution in [0.2, 0.25) is 0 Å². The molecule has 1 fully saturated rings. The molecule has 1 aromatic rings. The minimum atomic E-state index is -0.536. The Morgan fingerprint density at radius 2 is 2.28 bits per heavy atom. The predicted molar refractivity (Wildman–Crippen MR) is 64.1 cm³/mol. The standard InChI is InChI=1S/C12H13N3O3/c13-7-8-6-9(15(16)17)4-5-11(8)18-12-3-1-2-10(12)14/h4-6,10,12H,1-3,14H2. The maximum absolute atomic E-state index is 10.6.